The molecular weight excluding hydrogens is 164 g/mol. The van der Waals surface area contributed by atoms with E-state index >= 15 is 0 Å². The number of rotatable bonds is 3. The Bertz CT molecular complexity index is 273. The fraction of sp³-hybridized carbons (Fsp3) is 0.500. The molecule has 1 aromatic heterocycles. The lowest BCUT2D eigenvalue weighted by atomic mass is 9.99. The lowest BCUT2D eigenvalue weighted by molar-refractivity contribution is 0.410. The van der Waals surface area contributed by atoms with Gasteiger partial charge in [-0.3, -0.25) is 4.98 Å². The smallest absolute Gasteiger partial charge is 0.137 e. The molecule has 13 heavy (non-hydrogen) atoms. The normalized spacial score (nSPS) is 13.0. The minimum Gasteiger partial charge on any atom is -0.495 e. The van der Waals surface area contributed by atoms with Gasteiger partial charge in [-0.2, -0.15) is 0 Å². The maximum absolute atomic E-state index is 5.97. The summed E-state index contributed by atoms with van der Waals surface area (Å²) in [6, 6.07) is 1.96. The van der Waals surface area contributed by atoms with Crippen LogP contribution in [0.5, 0.6) is 5.75 Å². The molecule has 1 atom stereocenters. The van der Waals surface area contributed by atoms with Crippen LogP contribution in [-0.4, -0.2) is 12.1 Å². The van der Waals surface area contributed by atoms with E-state index in [0.29, 0.717) is 5.92 Å². The van der Waals surface area contributed by atoms with Gasteiger partial charge < -0.3 is 10.5 Å². The molecule has 0 saturated carbocycles. The first-order valence-electron chi connectivity index (χ1n) is 4.39. The van der Waals surface area contributed by atoms with Crippen LogP contribution in [0.2, 0.25) is 0 Å². The highest BCUT2D eigenvalue weighted by molar-refractivity contribution is 5.25. The summed E-state index contributed by atoms with van der Waals surface area (Å²) in [4.78, 5) is 4.05. The van der Waals surface area contributed by atoms with Crippen molar-refractivity contribution in [1.29, 1.82) is 0 Å². The average Bonchev–Trinajstić information content (AvgIpc) is 2.16. The number of hydrogen-bond acceptors (Lipinski definition) is 3. The van der Waals surface area contributed by atoms with E-state index in [0.717, 1.165) is 11.3 Å². The van der Waals surface area contributed by atoms with Gasteiger partial charge in [0, 0.05) is 12.2 Å². The zero-order valence-corrected chi connectivity index (χ0v) is 8.32. The van der Waals surface area contributed by atoms with Crippen molar-refractivity contribution in [2.45, 2.75) is 19.9 Å². The number of methoxy groups -OCH3 is 1. The second kappa shape index (κ2) is 4.23. The van der Waals surface area contributed by atoms with Gasteiger partial charge in [0.1, 0.15) is 5.75 Å². The Kier molecular flexibility index (Phi) is 3.25. The van der Waals surface area contributed by atoms with Crippen LogP contribution in [0.25, 0.3) is 0 Å². The number of aromatic nitrogens is 1. The van der Waals surface area contributed by atoms with Crippen molar-refractivity contribution >= 4 is 0 Å². The Morgan fingerprint density at radius 3 is 2.62 bits per heavy atom. The predicted molar refractivity (Wildman–Crippen MR) is 52.6 cm³/mol. The second-order valence-corrected chi connectivity index (χ2v) is 3.43. The molecule has 2 N–H and O–H groups in total. The molecule has 0 aliphatic carbocycles. The van der Waals surface area contributed by atoms with Crippen molar-refractivity contribution in [3.8, 4) is 5.75 Å². The molecule has 72 valence electrons. The SMILES string of the molecule is COc1cncc([C@@H](N)C(C)C)c1. The van der Waals surface area contributed by atoms with Gasteiger partial charge in [0.25, 0.3) is 0 Å². The predicted octanol–water partition coefficient (Wildman–Crippen LogP) is 1.75. The molecule has 3 nitrogen and oxygen atoms in total. The minimum absolute atomic E-state index is 0.0302. The highest BCUT2D eigenvalue weighted by atomic mass is 16.5. The molecule has 0 unspecified atom stereocenters. The van der Waals surface area contributed by atoms with Crippen LogP contribution in [-0.2, 0) is 0 Å². The second-order valence-electron chi connectivity index (χ2n) is 3.43. The van der Waals surface area contributed by atoms with Crippen LogP contribution in [0.3, 0.4) is 0 Å². The van der Waals surface area contributed by atoms with Crippen molar-refractivity contribution in [3.05, 3.63) is 24.0 Å². The van der Waals surface area contributed by atoms with E-state index in [9.17, 15) is 0 Å². The van der Waals surface area contributed by atoms with Crippen molar-refractivity contribution in [3.63, 3.8) is 0 Å². The van der Waals surface area contributed by atoms with Crippen LogP contribution in [0.1, 0.15) is 25.5 Å². The van der Waals surface area contributed by atoms with E-state index in [1.807, 2.05) is 6.07 Å². The Labute approximate surface area is 78.9 Å². The van der Waals surface area contributed by atoms with Gasteiger partial charge in [0.05, 0.1) is 13.3 Å². The summed E-state index contributed by atoms with van der Waals surface area (Å²) >= 11 is 0. The number of ether oxygens (including phenoxy) is 1. The third kappa shape index (κ3) is 2.42. The third-order valence-electron chi connectivity index (χ3n) is 2.07. The standard InChI is InChI=1S/C10H16N2O/c1-7(2)10(11)8-4-9(13-3)6-12-5-8/h4-7,10H,11H2,1-3H3/t10-/m0/s1. The van der Waals surface area contributed by atoms with E-state index in [1.54, 1.807) is 19.5 Å². The maximum Gasteiger partial charge on any atom is 0.137 e. The van der Waals surface area contributed by atoms with Gasteiger partial charge in [-0.15, -0.1) is 0 Å². The highest BCUT2D eigenvalue weighted by Gasteiger charge is 2.10. The average molecular weight is 180 g/mol. The summed E-state index contributed by atoms with van der Waals surface area (Å²) in [5, 5.41) is 0. The lowest BCUT2D eigenvalue weighted by Crippen LogP contribution is -2.16. The van der Waals surface area contributed by atoms with E-state index in [2.05, 4.69) is 18.8 Å². The monoisotopic (exact) mass is 180 g/mol. The first-order chi connectivity index (χ1) is 6.15. The summed E-state index contributed by atoms with van der Waals surface area (Å²) in [7, 11) is 1.63. The van der Waals surface area contributed by atoms with Crippen molar-refractivity contribution in [2.24, 2.45) is 11.7 Å². The summed E-state index contributed by atoms with van der Waals surface area (Å²) in [6.45, 7) is 4.17. The Balaban J connectivity index is 2.88. The van der Waals surface area contributed by atoms with Crippen LogP contribution < -0.4 is 10.5 Å². The van der Waals surface area contributed by atoms with Crippen LogP contribution in [0, 0.1) is 5.92 Å². The van der Waals surface area contributed by atoms with Crippen molar-refractivity contribution < 1.29 is 4.74 Å². The van der Waals surface area contributed by atoms with Gasteiger partial charge in [-0.05, 0) is 17.5 Å². The molecular formula is C10H16N2O. The van der Waals surface area contributed by atoms with Crippen LogP contribution in [0.15, 0.2) is 18.5 Å². The Morgan fingerprint density at radius 1 is 1.38 bits per heavy atom. The first kappa shape index (κ1) is 9.99. The summed E-state index contributed by atoms with van der Waals surface area (Å²) in [5.74, 6) is 1.17. The van der Waals surface area contributed by atoms with Crippen LogP contribution in [0.4, 0.5) is 0 Å². The number of pyridine rings is 1. The quantitative estimate of drug-likeness (QED) is 0.770. The molecule has 0 fully saturated rings. The van der Waals surface area contributed by atoms with E-state index in [1.165, 1.54) is 0 Å². The van der Waals surface area contributed by atoms with Crippen LogP contribution >= 0.6 is 0 Å². The Hall–Kier alpha value is -1.09. The topological polar surface area (TPSA) is 48.1 Å². The van der Waals surface area contributed by atoms with Gasteiger partial charge in [-0.1, -0.05) is 13.8 Å². The fourth-order valence-corrected chi connectivity index (χ4v) is 1.11. The van der Waals surface area contributed by atoms with Gasteiger partial charge in [0.2, 0.25) is 0 Å². The third-order valence-corrected chi connectivity index (χ3v) is 2.07. The molecule has 0 aliphatic heterocycles. The molecule has 0 radical (unpaired) electrons. The summed E-state index contributed by atoms with van der Waals surface area (Å²) in [6.07, 6.45) is 3.46. The maximum atomic E-state index is 5.97. The first-order valence-corrected chi connectivity index (χ1v) is 4.39. The van der Waals surface area contributed by atoms with E-state index in [4.69, 9.17) is 10.5 Å². The molecule has 0 bridgehead atoms. The summed E-state index contributed by atoms with van der Waals surface area (Å²) in [5.41, 5.74) is 6.99. The highest BCUT2D eigenvalue weighted by Crippen LogP contribution is 2.21. The molecule has 0 aliphatic rings. The largest absolute Gasteiger partial charge is 0.495 e. The molecule has 0 saturated heterocycles. The van der Waals surface area contributed by atoms with Gasteiger partial charge >= 0.3 is 0 Å². The van der Waals surface area contributed by atoms with E-state index in [-0.39, 0.29) is 6.04 Å². The zero-order valence-electron chi connectivity index (χ0n) is 8.32. The zero-order chi connectivity index (χ0) is 9.84. The van der Waals surface area contributed by atoms with E-state index < -0.39 is 0 Å². The van der Waals surface area contributed by atoms with Crippen molar-refractivity contribution in [2.75, 3.05) is 7.11 Å². The molecule has 0 spiro atoms. The fourth-order valence-electron chi connectivity index (χ4n) is 1.11. The van der Waals surface area contributed by atoms with Crippen molar-refractivity contribution in [1.82, 2.24) is 4.98 Å². The molecule has 1 aromatic rings. The lowest BCUT2D eigenvalue weighted by Gasteiger charge is -2.15. The minimum atomic E-state index is 0.0302. The molecule has 0 aromatic carbocycles. The molecule has 1 heterocycles. The number of nitrogens with zero attached hydrogens (tertiary/aromatic N) is 1. The van der Waals surface area contributed by atoms with Gasteiger partial charge in [0.15, 0.2) is 0 Å². The molecule has 3 heteroatoms. The number of nitrogens with two attached hydrogens (primary N) is 1. The van der Waals surface area contributed by atoms with Gasteiger partial charge in [-0.25, -0.2) is 0 Å². The molecule has 0 amide bonds. The Morgan fingerprint density at radius 2 is 2.08 bits per heavy atom. The number of hydrogen-bond donors (Lipinski definition) is 1. The summed E-state index contributed by atoms with van der Waals surface area (Å²) < 4.78 is 5.07. The molecule has 1 rings (SSSR count).